The molecule has 21 heavy (non-hydrogen) atoms. The topological polar surface area (TPSA) is 72.0 Å². The lowest BCUT2D eigenvalue weighted by Crippen LogP contribution is -2.40. The van der Waals surface area contributed by atoms with Gasteiger partial charge in [0, 0.05) is 13.1 Å². The molecule has 0 atom stereocenters. The lowest BCUT2D eigenvalue weighted by molar-refractivity contribution is 0.105. The second-order valence-corrected chi connectivity index (χ2v) is 7.47. The van der Waals surface area contributed by atoms with Crippen molar-refractivity contribution in [3.05, 3.63) is 0 Å². The number of nitrogens with one attached hydrogen (secondary N) is 2. The minimum absolute atomic E-state index is 0.322. The number of nitrogens with zero attached hydrogens (tertiary/aromatic N) is 3. The average molecular weight is 293 g/mol. The second-order valence-electron chi connectivity index (χ2n) is 7.47. The molecule has 2 N–H and O–H groups in total. The molecule has 0 unspecified atom stereocenters. The van der Waals surface area contributed by atoms with Crippen molar-refractivity contribution in [2.75, 3.05) is 24.8 Å². The first-order valence-corrected chi connectivity index (χ1v) is 7.47. The molecule has 1 aromatic rings. The number of methoxy groups -OCH3 is 1. The van der Waals surface area contributed by atoms with Crippen molar-refractivity contribution in [2.45, 2.75) is 53.0 Å². The van der Waals surface area contributed by atoms with Crippen molar-refractivity contribution in [2.24, 2.45) is 10.8 Å². The summed E-state index contributed by atoms with van der Waals surface area (Å²) in [5.74, 6) is 1.09. The van der Waals surface area contributed by atoms with Crippen LogP contribution in [0.15, 0.2) is 0 Å². The first-order valence-electron chi connectivity index (χ1n) is 7.47. The third-order valence-electron chi connectivity index (χ3n) is 3.91. The molecule has 1 fully saturated rings. The molecule has 1 aliphatic carbocycles. The number of hydrogen-bond donors (Lipinski definition) is 2. The highest BCUT2D eigenvalue weighted by Crippen LogP contribution is 2.46. The molecule has 1 heterocycles. The van der Waals surface area contributed by atoms with Crippen molar-refractivity contribution in [1.82, 2.24) is 15.0 Å². The van der Waals surface area contributed by atoms with Crippen LogP contribution >= 0.6 is 0 Å². The molecule has 0 aliphatic heterocycles. The molecule has 0 radical (unpaired) electrons. The maximum Gasteiger partial charge on any atom is 0.322 e. The van der Waals surface area contributed by atoms with Crippen LogP contribution in [0.1, 0.15) is 47.0 Å². The lowest BCUT2D eigenvalue weighted by Gasteiger charge is -2.45. The number of hydrogen-bond acceptors (Lipinski definition) is 6. The normalized spacial score (nSPS) is 20.9. The summed E-state index contributed by atoms with van der Waals surface area (Å²) < 4.78 is 5.13. The molecule has 0 amide bonds. The summed E-state index contributed by atoms with van der Waals surface area (Å²) in [5.41, 5.74) is 0.644. The fourth-order valence-electron chi connectivity index (χ4n) is 3.75. The van der Waals surface area contributed by atoms with E-state index in [0.29, 0.717) is 34.8 Å². The predicted octanol–water partition coefficient (Wildman–Crippen LogP) is 2.94. The monoisotopic (exact) mass is 293 g/mol. The minimum atomic E-state index is 0.322. The van der Waals surface area contributed by atoms with Gasteiger partial charge in [0.15, 0.2) is 0 Å². The Balaban J connectivity index is 2.17. The van der Waals surface area contributed by atoms with Gasteiger partial charge in [-0.25, -0.2) is 0 Å². The van der Waals surface area contributed by atoms with Gasteiger partial charge in [-0.3, -0.25) is 0 Å². The smallest absolute Gasteiger partial charge is 0.322 e. The van der Waals surface area contributed by atoms with Crippen LogP contribution in [0.3, 0.4) is 0 Å². The Morgan fingerprint density at radius 2 is 1.57 bits per heavy atom. The van der Waals surface area contributed by atoms with Crippen molar-refractivity contribution >= 4 is 11.9 Å². The van der Waals surface area contributed by atoms with Gasteiger partial charge in [0.1, 0.15) is 0 Å². The Bertz CT molecular complexity index is 463. The van der Waals surface area contributed by atoms with Gasteiger partial charge in [-0.05, 0) is 30.1 Å². The molecule has 6 heteroatoms. The maximum atomic E-state index is 5.13. The Kier molecular flexibility index (Phi) is 4.25. The van der Waals surface area contributed by atoms with Crippen molar-refractivity contribution in [3.63, 3.8) is 0 Å². The van der Waals surface area contributed by atoms with Gasteiger partial charge >= 0.3 is 6.01 Å². The van der Waals surface area contributed by atoms with Gasteiger partial charge in [0.25, 0.3) is 0 Å². The Labute approximate surface area is 127 Å². The number of ether oxygens (including phenoxy) is 1. The van der Waals surface area contributed by atoms with Crippen LogP contribution in [0.4, 0.5) is 11.9 Å². The van der Waals surface area contributed by atoms with Gasteiger partial charge < -0.3 is 15.4 Å². The van der Waals surface area contributed by atoms with E-state index >= 15 is 0 Å². The molecule has 0 spiro atoms. The fourth-order valence-corrected chi connectivity index (χ4v) is 3.75. The van der Waals surface area contributed by atoms with E-state index in [2.05, 4.69) is 53.3 Å². The zero-order chi connectivity index (χ0) is 15.7. The van der Waals surface area contributed by atoms with E-state index in [9.17, 15) is 0 Å². The summed E-state index contributed by atoms with van der Waals surface area (Å²) >= 11 is 0. The molecule has 6 nitrogen and oxygen atoms in total. The van der Waals surface area contributed by atoms with E-state index in [0.717, 1.165) is 12.8 Å². The molecule has 1 saturated carbocycles. The van der Waals surface area contributed by atoms with E-state index in [1.54, 1.807) is 14.2 Å². The van der Waals surface area contributed by atoms with Crippen LogP contribution in [0.2, 0.25) is 0 Å². The molecule has 1 aromatic heterocycles. The SMILES string of the molecule is CNc1nc(NC2CC(C)(C)CC(C)(C)C2)nc(OC)n1. The standard InChI is InChI=1S/C15H27N5O/c1-14(2)7-10(8-15(3,4)9-14)17-12-18-11(16-5)19-13(20-12)21-6/h10H,7-9H2,1-6H3,(H2,16,17,18,19,20). The van der Waals surface area contributed by atoms with Crippen molar-refractivity contribution < 1.29 is 4.74 Å². The lowest BCUT2D eigenvalue weighted by atomic mass is 9.63. The minimum Gasteiger partial charge on any atom is -0.467 e. The highest BCUT2D eigenvalue weighted by atomic mass is 16.5. The Morgan fingerprint density at radius 3 is 2.10 bits per heavy atom. The van der Waals surface area contributed by atoms with E-state index in [4.69, 9.17) is 4.74 Å². The number of anilines is 2. The molecule has 0 aromatic carbocycles. The molecule has 0 saturated heterocycles. The van der Waals surface area contributed by atoms with Gasteiger partial charge in [-0.1, -0.05) is 27.7 Å². The third-order valence-corrected chi connectivity index (χ3v) is 3.91. The molecule has 0 bridgehead atoms. The molecule has 118 valence electrons. The molecule has 2 rings (SSSR count). The van der Waals surface area contributed by atoms with E-state index in [1.165, 1.54) is 6.42 Å². The van der Waals surface area contributed by atoms with Crippen LogP contribution < -0.4 is 15.4 Å². The van der Waals surface area contributed by atoms with Crippen molar-refractivity contribution in [3.8, 4) is 6.01 Å². The van der Waals surface area contributed by atoms with Crippen LogP contribution in [-0.4, -0.2) is 35.2 Å². The van der Waals surface area contributed by atoms with Crippen LogP contribution in [-0.2, 0) is 0 Å². The van der Waals surface area contributed by atoms with Crippen LogP contribution in [0.5, 0.6) is 6.01 Å². The largest absolute Gasteiger partial charge is 0.467 e. The Morgan fingerprint density at radius 1 is 1.00 bits per heavy atom. The Hall–Kier alpha value is -1.59. The van der Waals surface area contributed by atoms with E-state index in [-0.39, 0.29) is 0 Å². The van der Waals surface area contributed by atoms with Crippen LogP contribution in [0, 0.1) is 10.8 Å². The van der Waals surface area contributed by atoms with E-state index < -0.39 is 0 Å². The molecular formula is C15H27N5O. The number of rotatable bonds is 4. The maximum absolute atomic E-state index is 5.13. The summed E-state index contributed by atoms with van der Waals surface area (Å²) in [6.45, 7) is 9.32. The first kappa shape index (κ1) is 15.8. The molecular weight excluding hydrogens is 266 g/mol. The highest BCUT2D eigenvalue weighted by molar-refractivity contribution is 5.36. The van der Waals surface area contributed by atoms with Crippen molar-refractivity contribution in [1.29, 1.82) is 0 Å². The second kappa shape index (κ2) is 5.66. The fraction of sp³-hybridized carbons (Fsp3) is 0.800. The number of aromatic nitrogens is 3. The summed E-state index contributed by atoms with van der Waals surface area (Å²) in [7, 11) is 3.34. The van der Waals surface area contributed by atoms with Crippen LogP contribution in [0.25, 0.3) is 0 Å². The van der Waals surface area contributed by atoms with Gasteiger partial charge in [-0.2, -0.15) is 15.0 Å². The predicted molar refractivity (Wildman–Crippen MR) is 84.7 cm³/mol. The quantitative estimate of drug-likeness (QED) is 0.889. The zero-order valence-corrected chi connectivity index (χ0v) is 13.9. The first-order chi connectivity index (χ1) is 9.73. The summed E-state index contributed by atoms with van der Waals surface area (Å²) in [6, 6.07) is 0.687. The summed E-state index contributed by atoms with van der Waals surface area (Å²) in [6.07, 6.45) is 3.46. The molecule has 1 aliphatic rings. The zero-order valence-electron chi connectivity index (χ0n) is 13.9. The third kappa shape index (κ3) is 4.19. The van der Waals surface area contributed by atoms with Gasteiger partial charge in [0.05, 0.1) is 7.11 Å². The van der Waals surface area contributed by atoms with E-state index in [1.807, 2.05) is 0 Å². The van der Waals surface area contributed by atoms with Gasteiger partial charge in [-0.15, -0.1) is 0 Å². The highest BCUT2D eigenvalue weighted by Gasteiger charge is 2.38. The average Bonchev–Trinajstić information content (AvgIpc) is 2.34. The van der Waals surface area contributed by atoms with Gasteiger partial charge in [0.2, 0.25) is 11.9 Å². The summed E-state index contributed by atoms with van der Waals surface area (Å²) in [5, 5.41) is 6.39. The summed E-state index contributed by atoms with van der Waals surface area (Å²) in [4.78, 5) is 12.8.